The zero-order chi connectivity index (χ0) is 36.0. The maximum atomic E-state index is 13.8. The second-order valence-electron chi connectivity index (χ2n) is 16.6. The monoisotopic (exact) mass is 719 g/mol. The summed E-state index contributed by atoms with van der Waals surface area (Å²) in [5.74, 6) is -0.769. The highest BCUT2D eigenvalue weighted by atomic mass is 16.6. The van der Waals surface area contributed by atoms with Gasteiger partial charge in [0.05, 0.1) is 85.5 Å². The summed E-state index contributed by atoms with van der Waals surface area (Å²) in [6.45, 7) is 8.76. The first kappa shape index (κ1) is 38.0. The maximum Gasteiger partial charge on any atom is 0.135 e. The highest BCUT2D eigenvalue weighted by Crippen LogP contribution is 2.54. The highest BCUT2D eigenvalue weighted by Gasteiger charge is 2.65. The van der Waals surface area contributed by atoms with Crippen LogP contribution >= 0.6 is 0 Å². The van der Waals surface area contributed by atoms with Gasteiger partial charge in [0.1, 0.15) is 11.9 Å². The van der Waals surface area contributed by atoms with Crippen molar-refractivity contribution in [3.8, 4) is 0 Å². The number of Topliss-reactive ketones (excluding diaryl/α,β-unsaturated/α-hetero) is 1. The van der Waals surface area contributed by atoms with E-state index in [1.807, 2.05) is 0 Å². The normalized spacial score (nSPS) is 48.8. The smallest absolute Gasteiger partial charge is 0.135 e. The topological polar surface area (TPSA) is 179 Å². The van der Waals surface area contributed by atoms with Gasteiger partial charge >= 0.3 is 0 Å². The lowest BCUT2D eigenvalue weighted by Crippen LogP contribution is -2.52. The van der Waals surface area contributed by atoms with Gasteiger partial charge in [-0.2, -0.15) is 0 Å². The molecular formula is C39H61NO11. The Hall–Kier alpha value is -1.29. The lowest BCUT2D eigenvalue weighted by atomic mass is 9.83. The fourth-order valence-corrected chi connectivity index (χ4v) is 10.2. The van der Waals surface area contributed by atoms with E-state index in [9.17, 15) is 25.2 Å². The average Bonchev–Trinajstić information content (AvgIpc) is 3.60. The molecular weight excluding hydrogens is 658 g/mol. The molecule has 0 aromatic rings. The van der Waals surface area contributed by atoms with Gasteiger partial charge < -0.3 is 54.6 Å². The predicted molar refractivity (Wildman–Crippen MR) is 186 cm³/mol. The van der Waals surface area contributed by atoms with Crippen LogP contribution in [-0.4, -0.2) is 131 Å². The van der Waals surface area contributed by atoms with Crippen LogP contribution in [0.15, 0.2) is 24.3 Å². The number of rotatable bonds is 4. The van der Waals surface area contributed by atoms with Crippen molar-refractivity contribution < 1.29 is 53.6 Å². The Morgan fingerprint density at radius 2 is 1.53 bits per heavy atom. The molecule has 288 valence electrons. The third-order valence-corrected chi connectivity index (χ3v) is 13.1. The van der Waals surface area contributed by atoms with Crippen molar-refractivity contribution >= 4 is 5.78 Å². The summed E-state index contributed by atoms with van der Waals surface area (Å²) in [7, 11) is 1.62. The van der Waals surface area contributed by atoms with Gasteiger partial charge in [-0.3, -0.25) is 4.79 Å². The van der Waals surface area contributed by atoms with E-state index in [2.05, 4.69) is 13.2 Å². The third-order valence-electron chi connectivity index (χ3n) is 13.1. The van der Waals surface area contributed by atoms with Crippen LogP contribution in [0.5, 0.6) is 0 Å². The Labute approximate surface area is 302 Å². The van der Waals surface area contributed by atoms with Gasteiger partial charge in [0, 0.05) is 57.1 Å². The minimum atomic E-state index is -0.819. The number of nitrogens with two attached hydrogens (primary N) is 1. The Morgan fingerprint density at radius 1 is 0.784 bits per heavy atom. The Bertz CT molecular complexity index is 1250. The molecule has 7 rings (SSSR count). The number of aliphatic hydroxyl groups excluding tert-OH is 4. The van der Waals surface area contributed by atoms with Crippen molar-refractivity contribution in [2.45, 2.75) is 181 Å². The van der Waals surface area contributed by atoms with Gasteiger partial charge in [-0.25, -0.2) is 0 Å². The molecule has 6 aliphatic heterocycles. The average molecular weight is 720 g/mol. The van der Waals surface area contributed by atoms with Gasteiger partial charge in [0.15, 0.2) is 0 Å². The molecule has 0 aromatic heterocycles. The summed E-state index contributed by atoms with van der Waals surface area (Å²) in [4.78, 5) is 13.8. The fraction of sp³-hybridized carbons (Fsp3) is 0.872. The van der Waals surface area contributed by atoms with Crippen LogP contribution in [0.3, 0.4) is 0 Å². The maximum absolute atomic E-state index is 13.8. The van der Waals surface area contributed by atoms with Crippen molar-refractivity contribution in [1.82, 2.24) is 0 Å². The molecule has 12 heteroatoms. The van der Waals surface area contributed by atoms with E-state index in [4.69, 9.17) is 34.2 Å². The minimum absolute atomic E-state index is 0.0240. The highest BCUT2D eigenvalue weighted by molar-refractivity contribution is 5.79. The number of hydrogen-bond donors (Lipinski definition) is 5. The molecule has 7 aliphatic rings. The molecule has 6 heterocycles. The van der Waals surface area contributed by atoms with Crippen molar-refractivity contribution in [3.05, 3.63) is 24.3 Å². The molecule has 0 spiro atoms. The van der Waals surface area contributed by atoms with E-state index < -0.39 is 42.7 Å². The van der Waals surface area contributed by atoms with Crippen molar-refractivity contribution in [3.63, 3.8) is 0 Å². The van der Waals surface area contributed by atoms with E-state index in [0.29, 0.717) is 38.5 Å². The zero-order valence-electron chi connectivity index (χ0n) is 30.1. The van der Waals surface area contributed by atoms with Crippen molar-refractivity contribution in [2.24, 2.45) is 23.5 Å². The first-order valence-electron chi connectivity index (χ1n) is 19.6. The molecule has 1 saturated carbocycles. The Kier molecular flexibility index (Phi) is 12.1. The number of methoxy groups -OCH3 is 1. The van der Waals surface area contributed by atoms with Gasteiger partial charge in [-0.05, 0) is 75.4 Å². The molecule has 0 amide bonds. The summed E-state index contributed by atoms with van der Waals surface area (Å²) in [6.07, 6.45) is 1.94. The van der Waals surface area contributed by atoms with E-state index in [1.54, 1.807) is 7.11 Å². The SMILES string of the molecule is C=C1C[C@@H]2CC[C@@H](O)C[C@@H](O)[C@H]3C4O[C@H]5CC[C@H](CC(=O)C[C@@H]6[C@@H](OC)[C@@H](C[C@H](O)CN)O[C@H]6C[C@H]6O[C@H](CCC6=C)CC[C@@H]1O2)O[C@@H]5[C@H](O)C43. The fourth-order valence-electron chi connectivity index (χ4n) is 10.2. The predicted octanol–water partition coefficient (Wildman–Crippen LogP) is 2.26. The second-order valence-corrected chi connectivity index (χ2v) is 16.6. The van der Waals surface area contributed by atoms with Gasteiger partial charge in [0.2, 0.25) is 0 Å². The van der Waals surface area contributed by atoms with Crippen molar-refractivity contribution in [2.75, 3.05) is 13.7 Å². The molecule has 6 N–H and O–H groups in total. The first-order valence-corrected chi connectivity index (χ1v) is 19.6. The van der Waals surface area contributed by atoms with Crippen LogP contribution < -0.4 is 5.73 Å². The summed E-state index contributed by atoms with van der Waals surface area (Å²) < 4.78 is 38.4. The van der Waals surface area contributed by atoms with Crippen LogP contribution in [0.4, 0.5) is 0 Å². The van der Waals surface area contributed by atoms with Crippen LogP contribution in [0.25, 0.3) is 0 Å². The lowest BCUT2D eigenvalue weighted by molar-refractivity contribution is -0.209. The summed E-state index contributed by atoms with van der Waals surface area (Å²) in [5, 5.41) is 43.9. The second kappa shape index (κ2) is 16.2. The number of fused-ring (bicyclic) bond motifs is 7. The number of ketones is 1. The molecule has 12 nitrogen and oxygen atoms in total. The van der Waals surface area contributed by atoms with E-state index in [0.717, 1.165) is 43.3 Å². The molecule has 6 saturated heterocycles. The number of aliphatic hydroxyl groups is 4. The van der Waals surface area contributed by atoms with Gasteiger partial charge in [-0.15, -0.1) is 0 Å². The van der Waals surface area contributed by atoms with E-state index in [1.165, 1.54) is 0 Å². The Balaban J connectivity index is 1.09. The standard InChI is InChI=1S/C39H61NO11/c1-19-4-6-24-8-10-29-20(2)12-25(48-29)7-5-21(41)15-28(44)34-35-36(45)38-30(51-39(34)35)11-9-26(49-38)13-22(42)14-27-32(17-31(19)47-24)50-33(37(27)46-3)16-23(43)18-40/h21,23-39,41,43-45H,1-2,4-18,40H2,3H3/t21-,23+,24-,25+,26-,27+,28-,29+,30+,31-,32+,33-,34-,35?,36-,37-,38+,39?/m1/s1. The van der Waals surface area contributed by atoms with Crippen LogP contribution in [-0.2, 0) is 33.2 Å². The summed E-state index contributed by atoms with van der Waals surface area (Å²) in [5.41, 5.74) is 7.85. The number of hydrogen-bond acceptors (Lipinski definition) is 12. The number of ether oxygens (including phenoxy) is 6. The van der Waals surface area contributed by atoms with E-state index in [-0.39, 0.29) is 98.2 Å². The number of carbonyl (C=O) groups is 1. The number of carbonyl (C=O) groups excluding carboxylic acids is 1. The quantitative estimate of drug-likeness (QED) is 0.268. The first-order chi connectivity index (χ1) is 24.5. The third kappa shape index (κ3) is 8.37. The van der Waals surface area contributed by atoms with Gasteiger partial charge in [0.25, 0.3) is 0 Å². The van der Waals surface area contributed by atoms with E-state index >= 15 is 0 Å². The Morgan fingerprint density at radius 3 is 2.31 bits per heavy atom. The lowest BCUT2D eigenvalue weighted by Gasteiger charge is -2.41. The molecule has 18 atom stereocenters. The van der Waals surface area contributed by atoms with Crippen LogP contribution in [0.2, 0.25) is 0 Å². The molecule has 51 heavy (non-hydrogen) atoms. The van der Waals surface area contributed by atoms with Crippen LogP contribution in [0.1, 0.15) is 89.9 Å². The summed E-state index contributed by atoms with van der Waals surface area (Å²) in [6, 6.07) is 0. The molecule has 1 aliphatic carbocycles. The van der Waals surface area contributed by atoms with Crippen LogP contribution in [0, 0.1) is 17.8 Å². The van der Waals surface area contributed by atoms with Gasteiger partial charge in [-0.1, -0.05) is 13.2 Å². The molecule has 0 aromatic carbocycles. The molecule has 7 fully saturated rings. The molecule has 2 unspecified atom stereocenters. The zero-order valence-corrected chi connectivity index (χ0v) is 30.1. The molecule has 0 radical (unpaired) electrons. The molecule has 7 bridgehead atoms. The minimum Gasteiger partial charge on any atom is -0.393 e. The largest absolute Gasteiger partial charge is 0.393 e. The summed E-state index contributed by atoms with van der Waals surface area (Å²) >= 11 is 0. The van der Waals surface area contributed by atoms with Crippen molar-refractivity contribution in [1.29, 1.82) is 0 Å².